The first-order valence-electron chi connectivity index (χ1n) is 13.9. The minimum absolute atomic E-state index is 0. The number of halogens is 1. The van der Waals surface area contributed by atoms with Gasteiger partial charge in [-0.05, 0) is 73.5 Å². The fourth-order valence-corrected chi connectivity index (χ4v) is 4.55. The molecule has 8 heteroatoms. The predicted octanol–water partition coefficient (Wildman–Crippen LogP) is 9.18. The minimum atomic E-state index is 0. The number of allylic oxidation sites excluding steroid dienone is 2. The van der Waals surface area contributed by atoms with Crippen molar-refractivity contribution in [2.24, 2.45) is 5.41 Å². The second-order valence-electron chi connectivity index (χ2n) is 9.70. The van der Waals surface area contributed by atoms with Gasteiger partial charge in [-0.1, -0.05) is 71.8 Å². The van der Waals surface area contributed by atoms with Crippen LogP contribution in [0.3, 0.4) is 0 Å². The van der Waals surface area contributed by atoms with Gasteiger partial charge in [-0.25, -0.2) is 0 Å². The Bertz CT molecular complexity index is 1360. The molecule has 0 fully saturated rings. The van der Waals surface area contributed by atoms with Crippen LogP contribution in [0.15, 0.2) is 140 Å². The van der Waals surface area contributed by atoms with E-state index in [2.05, 4.69) is 65.2 Å². The fraction of sp³-hybridized carbons (Fsp3) is 0.171. The molecule has 0 amide bonds. The number of nitrogens with zero attached hydrogens (tertiary/aromatic N) is 6. The van der Waals surface area contributed by atoms with Gasteiger partial charge in [0.1, 0.15) is 0 Å². The van der Waals surface area contributed by atoms with E-state index in [4.69, 9.17) is 0 Å². The summed E-state index contributed by atoms with van der Waals surface area (Å²) in [6.07, 6.45) is 18.8. The van der Waals surface area contributed by atoms with Crippen LogP contribution in [-0.2, 0) is 19.5 Å². The Labute approximate surface area is 275 Å². The smallest absolute Gasteiger partial charge is 0.663 e. The molecule has 0 bridgehead atoms. The van der Waals surface area contributed by atoms with Crippen LogP contribution in [0.1, 0.15) is 31.9 Å². The van der Waals surface area contributed by atoms with Crippen molar-refractivity contribution in [3.63, 3.8) is 0 Å². The predicted molar refractivity (Wildman–Crippen MR) is 175 cm³/mol. The van der Waals surface area contributed by atoms with E-state index in [9.17, 15) is 0 Å². The SMILES string of the molecule is CC1(CCCCBr)C=C[N-]C(c2ccccn2)=C1.[Ru+].c1ccc(-c2ccccn2)nc1.c1ccc(-c2ccccn2)nc1. The molecule has 43 heavy (non-hydrogen) atoms. The van der Waals surface area contributed by atoms with Crippen LogP contribution < -0.4 is 0 Å². The van der Waals surface area contributed by atoms with Gasteiger partial charge in [-0.15, -0.1) is 5.70 Å². The van der Waals surface area contributed by atoms with Gasteiger partial charge in [0, 0.05) is 47.4 Å². The summed E-state index contributed by atoms with van der Waals surface area (Å²) in [6, 6.07) is 29.1. The monoisotopic (exact) mass is 719 g/mol. The topological polar surface area (TPSA) is 78.5 Å². The summed E-state index contributed by atoms with van der Waals surface area (Å²) in [5.74, 6) is 0. The van der Waals surface area contributed by atoms with E-state index in [0.29, 0.717) is 0 Å². The molecule has 6 heterocycles. The van der Waals surface area contributed by atoms with Crippen LogP contribution in [0.2, 0.25) is 0 Å². The molecule has 1 aliphatic rings. The Morgan fingerprint density at radius 2 is 0.977 bits per heavy atom. The zero-order chi connectivity index (χ0) is 29.3. The summed E-state index contributed by atoms with van der Waals surface area (Å²) in [7, 11) is 0. The van der Waals surface area contributed by atoms with E-state index in [-0.39, 0.29) is 24.9 Å². The second-order valence-corrected chi connectivity index (χ2v) is 10.5. The van der Waals surface area contributed by atoms with E-state index in [1.807, 2.05) is 103 Å². The molecule has 1 atom stereocenters. The molecule has 0 N–H and O–H groups in total. The van der Waals surface area contributed by atoms with E-state index >= 15 is 0 Å². The summed E-state index contributed by atoms with van der Waals surface area (Å²) in [5, 5.41) is 5.51. The molecule has 0 spiro atoms. The van der Waals surface area contributed by atoms with Gasteiger partial charge in [-0.3, -0.25) is 24.9 Å². The molecule has 1 aliphatic heterocycles. The molecular weight excluding hydrogens is 685 g/mol. The van der Waals surface area contributed by atoms with Crippen molar-refractivity contribution in [1.82, 2.24) is 24.9 Å². The number of unbranched alkanes of at least 4 members (excludes halogenated alkanes) is 1. The third-order valence-corrected chi connectivity index (χ3v) is 6.91. The fourth-order valence-electron chi connectivity index (χ4n) is 4.15. The Balaban J connectivity index is 0.000000180. The van der Waals surface area contributed by atoms with Gasteiger partial charge in [-0.2, -0.15) is 6.20 Å². The van der Waals surface area contributed by atoms with Crippen molar-refractivity contribution in [2.45, 2.75) is 26.2 Å². The molecule has 0 aromatic carbocycles. The summed E-state index contributed by atoms with van der Waals surface area (Å²) < 4.78 is 0. The molecule has 0 aliphatic carbocycles. The van der Waals surface area contributed by atoms with Crippen molar-refractivity contribution in [1.29, 1.82) is 0 Å². The van der Waals surface area contributed by atoms with Crippen molar-refractivity contribution >= 4 is 21.6 Å². The van der Waals surface area contributed by atoms with Crippen molar-refractivity contribution in [3.8, 4) is 22.8 Å². The number of rotatable bonds is 7. The zero-order valence-corrected chi connectivity index (χ0v) is 27.3. The standard InChI is InChI=1S/C15H18BrN2.2C10H8N2.Ru/c1-15(7-3-4-9-16)8-11-18-14(12-15)13-6-2-5-10-17-13;2*1-3-7-11-9(5-1)10-6-2-4-8-12-10;/h2,5-6,8,10-12H,3-4,7,9H2,1H3;2*1-8H;/q-1;;;+1. The molecule has 1 unspecified atom stereocenters. The van der Waals surface area contributed by atoms with Crippen LogP contribution in [0.4, 0.5) is 0 Å². The van der Waals surface area contributed by atoms with Gasteiger partial charge in [0.15, 0.2) is 0 Å². The van der Waals surface area contributed by atoms with E-state index < -0.39 is 0 Å². The molecule has 6 nitrogen and oxygen atoms in total. The first-order chi connectivity index (χ1) is 20.7. The van der Waals surface area contributed by atoms with E-state index in [1.165, 1.54) is 12.8 Å². The minimum Gasteiger partial charge on any atom is -0.663 e. The van der Waals surface area contributed by atoms with Gasteiger partial charge < -0.3 is 5.32 Å². The molecular formula is C35H34BrN6Ru. The molecule has 0 saturated heterocycles. The number of hydrogen-bond acceptors (Lipinski definition) is 5. The largest absolute Gasteiger partial charge is 1.00 e. The maximum absolute atomic E-state index is 4.43. The molecule has 0 saturated carbocycles. The van der Waals surface area contributed by atoms with Crippen molar-refractivity contribution < 1.29 is 19.5 Å². The third-order valence-electron chi connectivity index (χ3n) is 6.35. The average Bonchev–Trinajstić information content (AvgIpc) is 3.07. The zero-order valence-electron chi connectivity index (χ0n) is 24.0. The van der Waals surface area contributed by atoms with Crippen LogP contribution in [0.5, 0.6) is 0 Å². The van der Waals surface area contributed by atoms with Crippen molar-refractivity contribution in [3.05, 3.63) is 151 Å². The number of hydrogen-bond donors (Lipinski definition) is 0. The summed E-state index contributed by atoms with van der Waals surface area (Å²) in [5.41, 5.74) is 5.71. The van der Waals surface area contributed by atoms with Crippen LogP contribution in [0, 0.1) is 5.41 Å². The number of pyridine rings is 5. The Morgan fingerprint density at radius 3 is 1.33 bits per heavy atom. The van der Waals surface area contributed by atoms with Crippen LogP contribution >= 0.6 is 15.9 Å². The molecule has 5 aromatic rings. The van der Waals surface area contributed by atoms with E-state index in [1.54, 1.807) is 24.8 Å². The quantitative estimate of drug-likeness (QED) is 0.0953. The Kier molecular flexibility index (Phi) is 14.6. The average molecular weight is 720 g/mol. The summed E-state index contributed by atoms with van der Waals surface area (Å²) >= 11 is 3.48. The van der Waals surface area contributed by atoms with Gasteiger partial charge in [0.05, 0.1) is 22.8 Å². The maximum atomic E-state index is 4.43. The van der Waals surface area contributed by atoms with Crippen molar-refractivity contribution in [2.75, 3.05) is 5.33 Å². The second kappa shape index (κ2) is 18.6. The molecule has 1 radical (unpaired) electrons. The van der Waals surface area contributed by atoms with Crippen LogP contribution in [-0.4, -0.2) is 30.2 Å². The Hall–Kier alpha value is -3.87. The van der Waals surface area contributed by atoms with Gasteiger partial charge in [0.25, 0.3) is 0 Å². The molecule has 5 aromatic heterocycles. The van der Waals surface area contributed by atoms with Gasteiger partial charge >= 0.3 is 19.5 Å². The summed E-state index contributed by atoms with van der Waals surface area (Å²) in [4.78, 5) is 21.1. The first kappa shape index (κ1) is 33.6. The molecule has 219 valence electrons. The Morgan fingerprint density at radius 1 is 0.581 bits per heavy atom. The molecule has 6 rings (SSSR count). The third kappa shape index (κ3) is 11.4. The number of aromatic nitrogens is 5. The van der Waals surface area contributed by atoms with Crippen LogP contribution in [0.25, 0.3) is 33.8 Å². The maximum Gasteiger partial charge on any atom is 1.00 e. The van der Waals surface area contributed by atoms with E-state index in [0.717, 1.165) is 45.9 Å². The van der Waals surface area contributed by atoms with Gasteiger partial charge in [0.2, 0.25) is 0 Å². The normalized spacial score (nSPS) is 14.8. The summed E-state index contributed by atoms with van der Waals surface area (Å²) in [6.45, 7) is 2.26. The number of alkyl halides is 1. The first-order valence-corrected chi connectivity index (χ1v) is 15.0.